The molecule has 0 bridgehead atoms. The average molecular weight is 456 g/mol. The van der Waals surface area contributed by atoms with Gasteiger partial charge in [0.15, 0.2) is 22.0 Å². The fraction of sp³-hybridized carbons (Fsp3) is 0.364. The first kappa shape index (κ1) is 21.6. The monoisotopic (exact) mass is 455 g/mol. The molecule has 0 fully saturated rings. The number of thiazole rings is 1. The number of thioether (sulfide) groups is 1. The molecule has 1 aromatic carbocycles. The van der Waals surface area contributed by atoms with Crippen LogP contribution in [-0.2, 0) is 12.3 Å². The fourth-order valence-corrected chi connectivity index (χ4v) is 4.93. The molecule has 4 aromatic rings. The minimum atomic E-state index is -0.239. The Morgan fingerprint density at radius 3 is 2.65 bits per heavy atom. The number of rotatable bonds is 8. The van der Waals surface area contributed by atoms with Crippen molar-refractivity contribution in [3.63, 3.8) is 0 Å². The second-order valence-electron chi connectivity index (χ2n) is 7.50. The summed E-state index contributed by atoms with van der Waals surface area (Å²) >= 11 is 2.97. The molecule has 0 amide bonds. The molecule has 31 heavy (non-hydrogen) atoms. The topological polar surface area (TPSA) is 74.3 Å². The maximum atomic E-state index is 12.2. The summed E-state index contributed by atoms with van der Waals surface area (Å²) in [5.74, 6) is 2.62. The molecule has 162 valence electrons. The Kier molecular flexibility index (Phi) is 6.43. The van der Waals surface area contributed by atoms with E-state index < -0.39 is 0 Å². The highest BCUT2D eigenvalue weighted by Crippen LogP contribution is 2.27. The van der Waals surface area contributed by atoms with E-state index in [1.165, 1.54) is 28.7 Å². The van der Waals surface area contributed by atoms with Crippen LogP contribution in [0.3, 0.4) is 0 Å². The van der Waals surface area contributed by atoms with E-state index in [0.29, 0.717) is 16.6 Å². The SMILES string of the molecule is CCn1c(SCc2cc(=O)n3ccsc3n2)nnc1C(C)Oc1ccc(C(C)C)cc1. The van der Waals surface area contributed by atoms with Gasteiger partial charge < -0.3 is 9.30 Å². The maximum absolute atomic E-state index is 12.2. The van der Waals surface area contributed by atoms with Crippen molar-refractivity contribution in [2.75, 3.05) is 0 Å². The summed E-state index contributed by atoms with van der Waals surface area (Å²) in [5, 5.41) is 11.4. The summed E-state index contributed by atoms with van der Waals surface area (Å²) in [6.07, 6.45) is 1.50. The number of hydrogen-bond acceptors (Lipinski definition) is 7. The van der Waals surface area contributed by atoms with Crippen LogP contribution in [0, 0.1) is 0 Å². The van der Waals surface area contributed by atoms with E-state index in [9.17, 15) is 4.79 Å². The molecule has 1 unspecified atom stereocenters. The average Bonchev–Trinajstić information content (AvgIpc) is 3.39. The van der Waals surface area contributed by atoms with Crippen molar-refractivity contribution in [3.8, 4) is 5.75 Å². The molecule has 0 aliphatic carbocycles. The van der Waals surface area contributed by atoms with Crippen molar-refractivity contribution in [2.45, 2.75) is 57.2 Å². The van der Waals surface area contributed by atoms with E-state index in [2.05, 4.69) is 48.1 Å². The van der Waals surface area contributed by atoms with Crippen LogP contribution in [0.4, 0.5) is 0 Å². The Labute approximate surface area is 189 Å². The van der Waals surface area contributed by atoms with E-state index in [0.717, 1.165) is 29.0 Å². The Bertz CT molecular complexity index is 1230. The third-order valence-corrected chi connectivity index (χ3v) is 6.75. The van der Waals surface area contributed by atoms with Gasteiger partial charge in [0.2, 0.25) is 0 Å². The molecule has 9 heteroatoms. The first-order valence-electron chi connectivity index (χ1n) is 10.2. The van der Waals surface area contributed by atoms with Crippen molar-refractivity contribution in [2.24, 2.45) is 0 Å². The minimum Gasteiger partial charge on any atom is -0.483 e. The summed E-state index contributed by atoms with van der Waals surface area (Å²) in [5.41, 5.74) is 1.95. The number of ether oxygens (including phenoxy) is 1. The molecule has 3 aromatic heterocycles. The van der Waals surface area contributed by atoms with Crippen LogP contribution in [0.25, 0.3) is 4.96 Å². The number of nitrogens with zero attached hydrogens (tertiary/aromatic N) is 5. The number of hydrogen-bond donors (Lipinski definition) is 0. The van der Waals surface area contributed by atoms with Gasteiger partial charge in [0.05, 0.1) is 5.69 Å². The van der Waals surface area contributed by atoms with Crippen molar-refractivity contribution in [1.29, 1.82) is 0 Å². The molecule has 7 nitrogen and oxygen atoms in total. The molecule has 4 rings (SSSR count). The lowest BCUT2D eigenvalue weighted by Gasteiger charge is -2.16. The van der Waals surface area contributed by atoms with E-state index in [1.54, 1.807) is 16.7 Å². The highest BCUT2D eigenvalue weighted by atomic mass is 32.2. The highest BCUT2D eigenvalue weighted by Gasteiger charge is 2.19. The molecule has 0 radical (unpaired) electrons. The molecule has 3 heterocycles. The third-order valence-electron chi connectivity index (χ3n) is 4.99. The molecular weight excluding hydrogens is 430 g/mol. The van der Waals surface area contributed by atoms with Crippen LogP contribution >= 0.6 is 23.1 Å². The van der Waals surface area contributed by atoms with E-state index in [1.807, 2.05) is 29.0 Å². The molecule has 0 spiro atoms. The summed E-state index contributed by atoms with van der Waals surface area (Å²) in [7, 11) is 0. The third kappa shape index (κ3) is 4.67. The zero-order valence-corrected chi connectivity index (χ0v) is 19.6. The van der Waals surface area contributed by atoms with Crippen LogP contribution in [0.5, 0.6) is 5.75 Å². The van der Waals surface area contributed by atoms with Gasteiger partial charge in [-0.25, -0.2) is 4.98 Å². The fourth-order valence-electron chi connectivity index (χ4n) is 3.29. The minimum absolute atomic E-state index is 0.0648. The lowest BCUT2D eigenvalue weighted by Crippen LogP contribution is -2.13. The normalized spacial score (nSPS) is 12.5. The predicted octanol–water partition coefficient (Wildman–Crippen LogP) is 4.92. The van der Waals surface area contributed by atoms with Crippen molar-refractivity contribution >= 4 is 28.1 Å². The Hall–Kier alpha value is -2.65. The second kappa shape index (κ2) is 9.23. The molecule has 0 aliphatic rings. The standard InChI is InChI=1S/C22H25N5O2S2/c1-5-26-20(15(4)29-18-8-6-16(7-9-18)14(2)3)24-25-22(26)31-13-17-12-19(28)27-10-11-30-21(27)23-17/h6-12,14-15H,5,13H2,1-4H3. The smallest absolute Gasteiger partial charge is 0.258 e. The Balaban J connectivity index is 1.47. The van der Waals surface area contributed by atoms with Crippen LogP contribution in [0.15, 0.2) is 51.9 Å². The van der Waals surface area contributed by atoms with Gasteiger partial charge in [0.25, 0.3) is 5.56 Å². The lowest BCUT2D eigenvalue weighted by atomic mass is 10.0. The van der Waals surface area contributed by atoms with E-state index in [-0.39, 0.29) is 11.7 Å². The van der Waals surface area contributed by atoms with Gasteiger partial charge >= 0.3 is 0 Å². The lowest BCUT2D eigenvalue weighted by molar-refractivity contribution is 0.210. The summed E-state index contributed by atoms with van der Waals surface area (Å²) in [6.45, 7) is 9.11. The molecule has 0 saturated carbocycles. The second-order valence-corrected chi connectivity index (χ2v) is 9.31. The number of fused-ring (bicyclic) bond motifs is 1. The van der Waals surface area contributed by atoms with Gasteiger partial charge in [-0.05, 0) is 37.5 Å². The Morgan fingerprint density at radius 1 is 1.16 bits per heavy atom. The zero-order valence-electron chi connectivity index (χ0n) is 18.0. The predicted molar refractivity (Wildman–Crippen MR) is 124 cm³/mol. The number of benzene rings is 1. The van der Waals surface area contributed by atoms with Gasteiger partial charge in [-0.1, -0.05) is 37.7 Å². The van der Waals surface area contributed by atoms with E-state index >= 15 is 0 Å². The molecular formula is C22H25N5O2S2. The van der Waals surface area contributed by atoms with E-state index in [4.69, 9.17) is 4.74 Å². The molecule has 1 atom stereocenters. The van der Waals surface area contributed by atoms with Crippen molar-refractivity contribution < 1.29 is 4.74 Å². The highest BCUT2D eigenvalue weighted by molar-refractivity contribution is 7.98. The summed E-state index contributed by atoms with van der Waals surface area (Å²) < 4.78 is 9.72. The quantitative estimate of drug-likeness (QED) is 0.351. The molecule has 0 aliphatic heterocycles. The van der Waals surface area contributed by atoms with Crippen LogP contribution in [0.2, 0.25) is 0 Å². The van der Waals surface area contributed by atoms with Crippen LogP contribution in [-0.4, -0.2) is 24.1 Å². The van der Waals surface area contributed by atoms with Gasteiger partial charge in [0.1, 0.15) is 5.75 Å². The largest absolute Gasteiger partial charge is 0.483 e. The van der Waals surface area contributed by atoms with Gasteiger partial charge in [-0.3, -0.25) is 9.20 Å². The van der Waals surface area contributed by atoms with Crippen LogP contribution < -0.4 is 10.3 Å². The van der Waals surface area contributed by atoms with Gasteiger partial charge in [-0.2, -0.15) is 0 Å². The van der Waals surface area contributed by atoms with Gasteiger partial charge in [0, 0.05) is 29.9 Å². The van der Waals surface area contributed by atoms with Crippen molar-refractivity contribution in [3.05, 3.63) is 69.3 Å². The summed E-state index contributed by atoms with van der Waals surface area (Å²) in [4.78, 5) is 17.5. The van der Waals surface area contributed by atoms with Gasteiger partial charge in [-0.15, -0.1) is 21.5 Å². The Morgan fingerprint density at radius 2 is 1.94 bits per heavy atom. The summed E-state index contributed by atoms with van der Waals surface area (Å²) in [6, 6.07) is 9.77. The molecule has 0 N–H and O–H groups in total. The van der Waals surface area contributed by atoms with Crippen molar-refractivity contribution in [1.82, 2.24) is 24.1 Å². The zero-order chi connectivity index (χ0) is 22.0. The first-order chi connectivity index (χ1) is 15.0. The first-order valence-corrected chi connectivity index (χ1v) is 12.1. The molecule has 0 saturated heterocycles. The maximum Gasteiger partial charge on any atom is 0.258 e. The van der Waals surface area contributed by atoms with Crippen LogP contribution in [0.1, 0.15) is 56.8 Å². The number of aromatic nitrogens is 5.